The van der Waals surface area contributed by atoms with Gasteiger partial charge in [0, 0.05) is 18.9 Å². The molecule has 25 heteroatoms. The summed E-state index contributed by atoms with van der Waals surface area (Å²) in [4.78, 5) is 50.9. The molecule has 11 N–H and O–H groups in total. The predicted molar refractivity (Wildman–Crippen MR) is 374 cm³/mol. The summed E-state index contributed by atoms with van der Waals surface area (Å²) >= 11 is 0. The third-order valence-electron chi connectivity index (χ3n) is 19.1. The Bertz CT molecular complexity index is 2140. The van der Waals surface area contributed by atoms with Crippen LogP contribution >= 0.6 is 7.82 Å². The molecule has 3 aliphatic rings. The first-order chi connectivity index (χ1) is 47.8. The molecule has 0 bridgehead atoms. The number of hydrogen-bond acceptors (Lipinski definition) is 23. The summed E-state index contributed by atoms with van der Waals surface area (Å²) in [5.74, 6) is -2.24. The van der Waals surface area contributed by atoms with Gasteiger partial charge in [0.2, 0.25) is 0 Å². The molecule has 2 saturated heterocycles. The molecule has 1 saturated carbocycles. The van der Waals surface area contributed by atoms with Crippen LogP contribution in [0, 0.1) is 0 Å². The van der Waals surface area contributed by atoms with Crippen molar-refractivity contribution in [3.8, 4) is 0 Å². The highest BCUT2D eigenvalue weighted by Gasteiger charge is 2.58. The van der Waals surface area contributed by atoms with Gasteiger partial charge in [-0.1, -0.05) is 277 Å². The van der Waals surface area contributed by atoms with Crippen molar-refractivity contribution >= 4 is 25.7 Å². The van der Waals surface area contributed by atoms with Crippen molar-refractivity contribution in [2.75, 3.05) is 26.4 Å². The first-order valence-electron chi connectivity index (χ1n) is 38.7. The first kappa shape index (κ1) is 90.7. The van der Waals surface area contributed by atoms with E-state index in [0.29, 0.717) is 12.8 Å². The molecule has 3 fully saturated rings. The molecule has 0 aromatic carbocycles. The van der Waals surface area contributed by atoms with Crippen molar-refractivity contribution in [1.82, 2.24) is 0 Å². The van der Waals surface area contributed by atoms with Crippen molar-refractivity contribution in [3.63, 3.8) is 0 Å². The summed E-state index contributed by atoms with van der Waals surface area (Å²) < 4.78 is 64.8. The Morgan fingerprint density at radius 3 is 1.17 bits per heavy atom. The van der Waals surface area contributed by atoms with E-state index in [1.165, 1.54) is 167 Å². The number of hydrogen-bond donors (Lipinski definition) is 11. The first-order valence-corrected chi connectivity index (χ1v) is 40.2. The van der Waals surface area contributed by atoms with Crippen LogP contribution in [0.3, 0.4) is 0 Å². The number of ether oxygens (including phenoxy) is 7. The van der Waals surface area contributed by atoms with Crippen molar-refractivity contribution in [2.24, 2.45) is 0 Å². The van der Waals surface area contributed by atoms with Crippen molar-refractivity contribution < 1.29 is 117 Å². The Labute approximate surface area is 592 Å². The summed E-state index contributed by atoms with van der Waals surface area (Å²) in [6.07, 6.45) is 17.4. The summed E-state index contributed by atoms with van der Waals surface area (Å²) in [5.41, 5.74) is 0. The molecule has 1 aliphatic carbocycles. The maximum Gasteiger partial charge on any atom is 0.472 e. The maximum absolute atomic E-state index is 14.3. The summed E-state index contributed by atoms with van der Waals surface area (Å²) in [6, 6.07) is 0. The number of carbonyl (C=O) groups excluding carboxylic acids is 3. The minimum Gasteiger partial charge on any atom is -0.463 e. The van der Waals surface area contributed by atoms with E-state index in [9.17, 15) is 74.9 Å². The highest BCUT2D eigenvalue weighted by Crippen LogP contribution is 2.49. The topological polar surface area (TPSA) is 374 Å². The van der Waals surface area contributed by atoms with E-state index in [4.69, 9.17) is 42.2 Å². The van der Waals surface area contributed by atoms with E-state index in [2.05, 4.69) is 20.8 Å². The lowest BCUT2D eigenvalue weighted by atomic mass is 9.84. The Hall–Kier alpha value is -2.56. The van der Waals surface area contributed by atoms with Gasteiger partial charge >= 0.3 is 25.7 Å². The van der Waals surface area contributed by atoms with Crippen LogP contribution in [0.15, 0.2) is 24.3 Å². The average Bonchev–Trinajstić information content (AvgIpc) is 0.765. The van der Waals surface area contributed by atoms with Gasteiger partial charge in [-0.2, -0.15) is 0 Å². The molecule has 18 unspecified atom stereocenters. The molecular formula is C74H135O24P. The predicted octanol–water partition coefficient (Wildman–Crippen LogP) is 10.9. The Balaban J connectivity index is 1.74. The fourth-order valence-electron chi connectivity index (χ4n) is 12.8. The average molecular weight is 1440 g/mol. The molecule has 0 amide bonds. The van der Waals surface area contributed by atoms with Crippen LogP contribution in [0.2, 0.25) is 0 Å². The normalized spacial score (nSPS) is 27.6. The van der Waals surface area contributed by atoms with Crippen molar-refractivity contribution in [1.29, 1.82) is 0 Å². The summed E-state index contributed by atoms with van der Waals surface area (Å²) in [5, 5.41) is 110. The van der Waals surface area contributed by atoms with Gasteiger partial charge < -0.3 is 89.1 Å². The van der Waals surface area contributed by atoms with E-state index in [1.807, 2.05) is 6.08 Å². The van der Waals surface area contributed by atoms with Gasteiger partial charge in [0.25, 0.3) is 0 Å². The maximum atomic E-state index is 14.3. The molecule has 3 rings (SSSR count). The minimum absolute atomic E-state index is 0.0279. The second-order valence-electron chi connectivity index (χ2n) is 27.8. The SMILES string of the molecule is CCCCCCCCCCCCC/C=C/C=C/C(=O)OC(COC(=O)CCCCCCCCCCCCCCCCCCC)COP(=O)(O)OC1C(OC2OC(CO)C(O)C(O)C2O)C(O)C(O)C(O)C1OC1OC(COC(=O)CCCCCCCCCCCCCC)C(O)C(O)C1O. The van der Waals surface area contributed by atoms with E-state index in [1.54, 1.807) is 6.08 Å². The standard InChI is InChI=1S/C74H135O24P/c1-4-7-10-13-16-19-22-25-27-28-30-31-34-37-39-42-45-48-58(76)90-52-55(93-60(78)50-47-44-41-38-35-32-29-26-23-20-17-14-11-8-5-2)53-92-99(88,89)98-72-70(96-73-68(86)63(81)61(79)56(51-75)94-73)66(84)65(83)67(85)71(72)97-74-69(87)64(82)62(80)57(95-74)54-91-59(77)49-46-43-40-36-33-24-21-18-15-12-9-6-3/h41,44,47,50,55-57,61-75,79-87H,4-40,42-43,45-46,48-49,51-54H2,1-3H3,(H,88,89)/b44-41+,50-47+. The largest absolute Gasteiger partial charge is 0.472 e. The number of carbonyl (C=O) groups is 3. The lowest BCUT2D eigenvalue weighted by Gasteiger charge is -2.49. The number of allylic oxidation sites excluding steroid dienone is 3. The quantitative estimate of drug-likeness (QED) is 0.00673. The molecule has 18 atom stereocenters. The highest BCUT2D eigenvalue weighted by atomic mass is 31.2. The Morgan fingerprint density at radius 1 is 0.414 bits per heavy atom. The Kier molecular flexibility index (Phi) is 51.2. The van der Waals surface area contributed by atoms with Gasteiger partial charge in [-0.05, 0) is 25.7 Å². The zero-order valence-electron chi connectivity index (χ0n) is 60.5. The van der Waals surface area contributed by atoms with Gasteiger partial charge in [-0.3, -0.25) is 18.6 Å². The number of rotatable bonds is 60. The molecule has 99 heavy (non-hydrogen) atoms. The van der Waals surface area contributed by atoms with Gasteiger partial charge in [0.1, 0.15) is 98.7 Å². The fraction of sp³-hybridized carbons (Fsp3) is 0.905. The monoisotopic (exact) mass is 1440 g/mol. The van der Waals surface area contributed by atoms with Crippen LogP contribution in [0.25, 0.3) is 0 Å². The second-order valence-corrected chi connectivity index (χ2v) is 29.2. The zero-order chi connectivity index (χ0) is 72.5. The number of esters is 3. The molecule has 0 aromatic rings. The van der Waals surface area contributed by atoms with Crippen LogP contribution < -0.4 is 0 Å². The zero-order valence-corrected chi connectivity index (χ0v) is 61.4. The van der Waals surface area contributed by atoms with Gasteiger partial charge in [0.15, 0.2) is 18.7 Å². The minimum atomic E-state index is -5.72. The van der Waals surface area contributed by atoms with Crippen LogP contribution in [0.4, 0.5) is 0 Å². The van der Waals surface area contributed by atoms with E-state index < -0.39 is 156 Å². The van der Waals surface area contributed by atoms with Crippen LogP contribution in [0.1, 0.15) is 297 Å². The molecule has 24 nitrogen and oxygen atoms in total. The lowest BCUT2D eigenvalue weighted by Crippen LogP contribution is -2.69. The Morgan fingerprint density at radius 2 is 0.768 bits per heavy atom. The summed E-state index contributed by atoms with van der Waals surface area (Å²) in [7, 11) is -5.72. The molecule has 0 aromatic heterocycles. The number of aliphatic hydroxyl groups excluding tert-OH is 10. The lowest BCUT2D eigenvalue weighted by molar-refractivity contribution is -0.360. The van der Waals surface area contributed by atoms with E-state index >= 15 is 0 Å². The number of unbranched alkanes of at least 4 members (excludes halogenated alkanes) is 38. The fourth-order valence-corrected chi connectivity index (χ4v) is 13.7. The molecule has 0 spiro atoms. The third kappa shape index (κ3) is 38.9. The van der Waals surface area contributed by atoms with Gasteiger partial charge in [0.05, 0.1) is 13.2 Å². The third-order valence-corrected chi connectivity index (χ3v) is 20.1. The number of phosphoric acid groups is 1. The van der Waals surface area contributed by atoms with Gasteiger partial charge in [-0.15, -0.1) is 0 Å². The smallest absolute Gasteiger partial charge is 0.463 e. The molecule has 580 valence electrons. The molecular weight excluding hydrogens is 1300 g/mol. The van der Waals surface area contributed by atoms with Crippen molar-refractivity contribution in [3.05, 3.63) is 24.3 Å². The van der Waals surface area contributed by atoms with E-state index in [0.717, 1.165) is 96.0 Å². The second kappa shape index (κ2) is 55.9. The van der Waals surface area contributed by atoms with Crippen LogP contribution in [-0.4, -0.2) is 204 Å². The van der Waals surface area contributed by atoms with Crippen LogP contribution in [0.5, 0.6) is 0 Å². The molecule has 2 heterocycles. The highest BCUT2D eigenvalue weighted by molar-refractivity contribution is 7.47. The summed E-state index contributed by atoms with van der Waals surface area (Å²) in [6.45, 7) is 3.35. The molecule has 2 aliphatic heterocycles. The molecule has 0 radical (unpaired) electrons. The number of phosphoric ester groups is 1. The van der Waals surface area contributed by atoms with Gasteiger partial charge in [-0.25, -0.2) is 9.36 Å². The number of aliphatic hydroxyl groups is 10. The van der Waals surface area contributed by atoms with E-state index in [-0.39, 0.29) is 12.8 Å². The van der Waals surface area contributed by atoms with Crippen LogP contribution in [-0.2, 0) is 61.2 Å². The van der Waals surface area contributed by atoms with Crippen molar-refractivity contribution in [2.45, 2.75) is 401 Å².